The van der Waals surface area contributed by atoms with Crippen LogP contribution in [0.1, 0.15) is 31.4 Å². The van der Waals surface area contributed by atoms with Gasteiger partial charge in [0.1, 0.15) is 5.82 Å². The third-order valence-corrected chi connectivity index (χ3v) is 5.46. The highest BCUT2D eigenvalue weighted by Crippen LogP contribution is 2.35. The fourth-order valence-electron chi connectivity index (χ4n) is 2.76. The van der Waals surface area contributed by atoms with Crippen molar-refractivity contribution in [2.75, 3.05) is 7.11 Å². The molecule has 1 aliphatic heterocycles. The Bertz CT molecular complexity index is 960. The third-order valence-electron chi connectivity index (χ3n) is 4.55. The van der Waals surface area contributed by atoms with Crippen molar-refractivity contribution in [3.8, 4) is 11.5 Å². The van der Waals surface area contributed by atoms with E-state index in [1.54, 1.807) is 49.6 Å². The van der Waals surface area contributed by atoms with Gasteiger partial charge in [0.2, 0.25) is 0 Å². The van der Waals surface area contributed by atoms with Crippen LogP contribution >= 0.6 is 11.8 Å². The number of benzene rings is 2. The molecule has 7 heteroatoms. The molecule has 0 saturated carbocycles. The number of ether oxygens (including phenoxy) is 2. The summed E-state index contributed by atoms with van der Waals surface area (Å²) < 4.78 is 25.1. The van der Waals surface area contributed by atoms with Gasteiger partial charge in [-0.2, -0.15) is 0 Å². The fraction of sp³-hybridized carbons (Fsp3) is 0.273. The minimum Gasteiger partial charge on any atom is -0.493 e. The van der Waals surface area contributed by atoms with Crippen LogP contribution in [0, 0.1) is 5.82 Å². The molecule has 3 rings (SSSR count). The van der Waals surface area contributed by atoms with Gasteiger partial charge in [-0.1, -0.05) is 31.2 Å². The van der Waals surface area contributed by atoms with E-state index in [-0.39, 0.29) is 17.6 Å². The zero-order chi connectivity index (χ0) is 21.0. The lowest BCUT2D eigenvalue weighted by Crippen LogP contribution is -2.27. The Morgan fingerprint density at radius 2 is 1.93 bits per heavy atom. The van der Waals surface area contributed by atoms with Gasteiger partial charge in [0.15, 0.2) is 11.5 Å². The Morgan fingerprint density at radius 3 is 2.62 bits per heavy atom. The Balaban J connectivity index is 1.81. The highest BCUT2D eigenvalue weighted by atomic mass is 32.2. The second-order valence-electron chi connectivity index (χ2n) is 6.61. The van der Waals surface area contributed by atoms with E-state index in [0.717, 1.165) is 23.1 Å². The zero-order valence-electron chi connectivity index (χ0n) is 16.5. The maximum atomic E-state index is 13.9. The second-order valence-corrected chi connectivity index (χ2v) is 7.60. The number of rotatable bonds is 7. The highest BCUT2D eigenvalue weighted by molar-refractivity contribution is 8.18. The van der Waals surface area contributed by atoms with Crippen LogP contribution in [0.4, 0.5) is 9.18 Å². The number of imide groups is 1. The molecule has 2 amide bonds. The van der Waals surface area contributed by atoms with E-state index in [0.29, 0.717) is 22.6 Å². The van der Waals surface area contributed by atoms with Crippen molar-refractivity contribution in [2.24, 2.45) is 0 Å². The molecule has 0 spiro atoms. The van der Waals surface area contributed by atoms with Crippen LogP contribution < -0.4 is 9.47 Å². The summed E-state index contributed by atoms with van der Waals surface area (Å²) in [5.74, 6) is 0.274. The van der Waals surface area contributed by atoms with E-state index in [9.17, 15) is 14.0 Å². The lowest BCUT2D eigenvalue weighted by molar-refractivity contribution is -0.123. The molecule has 0 radical (unpaired) electrons. The average molecular weight is 415 g/mol. The summed E-state index contributed by atoms with van der Waals surface area (Å²) in [6.07, 6.45) is 2.53. The summed E-state index contributed by atoms with van der Waals surface area (Å²) in [5, 5.41) is -0.423. The van der Waals surface area contributed by atoms with Crippen LogP contribution in [0.15, 0.2) is 47.4 Å². The van der Waals surface area contributed by atoms with Gasteiger partial charge in [0, 0.05) is 5.56 Å². The van der Waals surface area contributed by atoms with E-state index in [4.69, 9.17) is 9.47 Å². The first kappa shape index (κ1) is 20.9. The molecule has 1 aliphatic rings. The number of thioether (sulfide) groups is 1. The molecule has 1 saturated heterocycles. The van der Waals surface area contributed by atoms with E-state index in [2.05, 4.69) is 0 Å². The van der Waals surface area contributed by atoms with Crippen LogP contribution in [-0.2, 0) is 11.3 Å². The number of halogens is 1. The van der Waals surface area contributed by atoms with Gasteiger partial charge >= 0.3 is 0 Å². The molecular formula is C22H22FNO4S. The van der Waals surface area contributed by atoms with Gasteiger partial charge in [-0.05, 0) is 54.9 Å². The van der Waals surface area contributed by atoms with Crippen molar-refractivity contribution in [1.29, 1.82) is 0 Å². The van der Waals surface area contributed by atoms with Crippen molar-refractivity contribution >= 4 is 29.0 Å². The van der Waals surface area contributed by atoms with E-state index < -0.39 is 17.0 Å². The largest absolute Gasteiger partial charge is 0.493 e. The molecule has 1 fully saturated rings. The molecule has 1 atom stereocenters. The molecular weight excluding hydrogens is 393 g/mol. The van der Waals surface area contributed by atoms with Gasteiger partial charge in [-0.3, -0.25) is 14.5 Å². The van der Waals surface area contributed by atoms with Crippen LogP contribution in [0.5, 0.6) is 11.5 Å². The van der Waals surface area contributed by atoms with Gasteiger partial charge in [-0.15, -0.1) is 0 Å². The summed E-state index contributed by atoms with van der Waals surface area (Å²) in [6, 6.07) is 11.4. The van der Waals surface area contributed by atoms with E-state index in [1.807, 2.05) is 13.8 Å². The molecule has 0 aliphatic carbocycles. The highest BCUT2D eigenvalue weighted by Gasteiger charge is 2.35. The molecule has 2 aromatic carbocycles. The number of nitrogens with zero attached hydrogens (tertiary/aromatic N) is 1. The van der Waals surface area contributed by atoms with Crippen LogP contribution in [-0.4, -0.2) is 29.3 Å². The number of methoxy groups -OCH3 is 1. The van der Waals surface area contributed by atoms with Crippen LogP contribution in [0.25, 0.3) is 6.08 Å². The summed E-state index contributed by atoms with van der Waals surface area (Å²) in [7, 11) is 1.55. The fourth-order valence-corrected chi connectivity index (χ4v) is 3.59. The standard InChI is InChI=1S/C22H22FNO4S/c1-4-14(2)28-18-10-9-15(11-19(18)27-3)12-20-21(25)24(22(26)29-20)13-16-7-5-6-8-17(16)23/h5-12,14H,4,13H2,1-3H3/b20-12-/t14-/m1/s1. The van der Waals surface area contributed by atoms with E-state index in [1.165, 1.54) is 6.07 Å². The Kier molecular flexibility index (Phi) is 6.59. The summed E-state index contributed by atoms with van der Waals surface area (Å²) in [5.41, 5.74) is 0.999. The first-order valence-electron chi connectivity index (χ1n) is 9.26. The molecule has 1 heterocycles. The molecule has 2 aromatic rings. The smallest absolute Gasteiger partial charge is 0.293 e. The number of hydrogen-bond acceptors (Lipinski definition) is 5. The van der Waals surface area contributed by atoms with Gasteiger partial charge in [-0.25, -0.2) is 4.39 Å². The number of carbonyl (C=O) groups excluding carboxylic acids is 2. The predicted octanol–water partition coefficient (Wildman–Crippen LogP) is 5.25. The lowest BCUT2D eigenvalue weighted by atomic mass is 10.1. The normalized spacial score (nSPS) is 16.4. The second kappa shape index (κ2) is 9.13. The van der Waals surface area contributed by atoms with Crippen molar-refractivity contribution in [3.63, 3.8) is 0 Å². The first-order valence-corrected chi connectivity index (χ1v) is 10.1. The maximum absolute atomic E-state index is 13.9. The molecule has 0 aromatic heterocycles. The Morgan fingerprint density at radius 1 is 1.17 bits per heavy atom. The van der Waals surface area contributed by atoms with Crippen LogP contribution in [0.3, 0.4) is 0 Å². The molecule has 0 bridgehead atoms. The Hall–Kier alpha value is -2.80. The van der Waals surface area contributed by atoms with Crippen molar-refractivity contribution < 1.29 is 23.5 Å². The quantitative estimate of drug-likeness (QED) is 0.578. The van der Waals surface area contributed by atoms with Crippen molar-refractivity contribution in [2.45, 2.75) is 32.9 Å². The molecule has 152 valence electrons. The topological polar surface area (TPSA) is 55.8 Å². The molecule has 0 N–H and O–H groups in total. The van der Waals surface area contributed by atoms with Crippen LogP contribution in [0.2, 0.25) is 0 Å². The van der Waals surface area contributed by atoms with Gasteiger partial charge in [0.05, 0.1) is 24.7 Å². The summed E-state index contributed by atoms with van der Waals surface area (Å²) >= 11 is 0.838. The maximum Gasteiger partial charge on any atom is 0.293 e. The number of carbonyl (C=O) groups is 2. The first-order chi connectivity index (χ1) is 13.9. The predicted molar refractivity (Wildman–Crippen MR) is 111 cm³/mol. The van der Waals surface area contributed by atoms with E-state index >= 15 is 0 Å². The van der Waals surface area contributed by atoms with Crippen molar-refractivity contribution in [1.82, 2.24) is 4.90 Å². The minimum atomic E-state index is -0.447. The van der Waals surface area contributed by atoms with Crippen molar-refractivity contribution in [3.05, 3.63) is 64.3 Å². The number of amides is 2. The third kappa shape index (κ3) is 4.79. The van der Waals surface area contributed by atoms with Gasteiger partial charge in [0.25, 0.3) is 11.1 Å². The average Bonchev–Trinajstić information content (AvgIpc) is 2.97. The molecule has 0 unspecified atom stereocenters. The molecule has 5 nitrogen and oxygen atoms in total. The SMILES string of the molecule is CC[C@@H](C)Oc1ccc(/C=C2\SC(=O)N(Cc3ccccc3F)C2=O)cc1OC. The Labute approximate surface area is 173 Å². The molecule has 29 heavy (non-hydrogen) atoms. The number of hydrogen-bond donors (Lipinski definition) is 0. The lowest BCUT2D eigenvalue weighted by Gasteiger charge is -2.15. The minimum absolute atomic E-state index is 0.0460. The summed E-state index contributed by atoms with van der Waals surface area (Å²) in [4.78, 5) is 26.3. The summed E-state index contributed by atoms with van der Waals surface area (Å²) in [6.45, 7) is 3.90. The zero-order valence-corrected chi connectivity index (χ0v) is 17.3. The van der Waals surface area contributed by atoms with Gasteiger partial charge < -0.3 is 9.47 Å². The monoisotopic (exact) mass is 415 g/mol.